The molecule has 4 bridgehead atoms. The Morgan fingerprint density at radius 2 is 1.00 bits per heavy atom. The van der Waals surface area contributed by atoms with Crippen LogP contribution in [0.1, 0.15) is 95.9 Å². The number of hydrogen-bond donors (Lipinski definition) is 4. The molecule has 4 aliphatic rings. The van der Waals surface area contributed by atoms with E-state index >= 15 is 0 Å². The van der Waals surface area contributed by atoms with Gasteiger partial charge in [0.15, 0.2) is 0 Å². The van der Waals surface area contributed by atoms with E-state index in [1.54, 1.807) is 104 Å². The van der Waals surface area contributed by atoms with Crippen LogP contribution in [0.4, 0.5) is 0 Å². The van der Waals surface area contributed by atoms with Gasteiger partial charge in [-0.15, -0.1) is 0 Å². The second-order valence-corrected chi connectivity index (χ2v) is 16.5. The molecular formula is C48H56N8O8. The molecule has 336 valence electrons. The average Bonchev–Trinajstić information content (AvgIpc) is 3.71. The number of aliphatic hydroxyl groups is 2. The van der Waals surface area contributed by atoms with Crippen molar-refractivity contribution in [2.45, 2.75) is 77.8 Å². The van der Waals surface area contributed by atoms with Crippen molar-refractivity contribution in [3.8, 4) is 0 Å². The number of hydrogen-bond acceptors (Lipinski definition) is 10. The monoisotopic (exact) mass is 872 g/mol. The highest BCUT2D eigenvalue weighted by Gasteiger charge is 2.59. The summed E-state index contributed by atoms with van der Waals surface area (Å²) in [6, 6.07) is 11.4. The molecule has 2 fully saturated rings. The zero-order chi connectivity index (χ0) is 45.7. The molecule has 4 aliphatic heterocycles. The van der Waals surface area contributed by atoms with Crippen molar-refractivity contribution in [3.05, 3.63) is 140 Å². The Kier molecular flexibility index (Phi) is 14.1. The minimum atomic E-state index is -0.650. The summed E-state index contributed by atoms with van der Waals surface area (Å²) in [5, 5.41) is 26.4. The maximum atomic E-state index is 13.6. The quantitative estimate of drug-likeness (QED) is 0.164. The number of allylic oxidation sites excluding steroid dienone is 2. The van der Waals surface area contributed by atoms with Crippen molar-refractivity contribution in [2.75, 3.05) is 26.3 Å². The molecule has 4 amide bonds. The van der Waals surface area contributed by atoms with E-state index in [1.165, 1.54) is 0 Å². The fraction of sp³-hybridized carbons (Fsp3) is 0.417. The van der Waals surface area contributed by atoms with Gasteiger partial charge in [-0.05, 0) is 75.2 Å². The molecule has 8 heterocycles. The lowest BCUT2D eigenvalue weighted by atomic mass is 9.86. The highest BCUT2D eigenvalue weighted by molar-refractivity contribution is 5.97. The van der Waals surface area contributed by atoms with Crippen LogP contribution in [0.3, 0.4) is 0 Å². The van der Waals surface area contributed by atoms with Gasteiger partial charge < -0.3 is 39.8 Å². The predicted octanol–water partition coefficient (Wildman–Crippen LogP) is 3.21. The molecule has 4 aromatic heterocycles. The van der Waals surface area contributed by atoms with Gasteiger partial charge in [0.05, 0.1) is 36.0 Å². The maximum absolute atomic E-state index is 13.6. The van der Waals surface area contributed by atoms with Crippen molar-refractivity contribution in [1.82, 2.24) is 39.5 Å². The van der Waals surface area contributed by atoms with E-state index in [2.05, 4.69) is 20.6 Å². The van der Waals surface area contributed by atoms with Crippen molar-refractivity contribution in [1.29, 1.82) is 0 Å². The van der Waals surface area contributed by atoms with Crippen molar-refractivity contribution in [2.24, 2.45) is 23.7 Å². The van der Waals surface area contributed by atoms with E-state index < -0.39 is 47.8 Å². The van der Waals surface area contributed by atoms with E-state index in [1.807, 2.05) is 39.8 Å². The van der Waals surface area contributed by atoms with Crippen LogP contribution in [-0.2, 0) is 22.7 Å². The van der Waals surface area contributed by atoms with Gasteiger partial charge in [-0.2, -0.15) is 0 Å². The Labute approximate surface area is 371 Å². The second-order valence-electron chi connectivity index (χ2n) is 16.5. The minimum Gasteiger partial charge on any atom is -0.396 e. The zero-order valence-corrected chi connectivity index (χ0v) is 36.5. The molecule has 0 spiro atoms. The number of pyridine rings is 4. The van der Waals surface area contributed by atoms with Gasteiger partial charge in [0.2, 0.25) is 11.8 Å². The summed E-state index contributed by atoms with van der Waals surface area (Å²) in [4.78, 5) is 91.2. The summed E-state index contributed by atoms with van der Waals surface area (Å²) in [7, 11) is 0. The number of amides is 4. The Bertz CT molecular complexity index is 2360. The third-order valence-electron chi connectivity index (χ3n) is 12.9. The van der Waals surface area contributed by atoms with E-state index in [4.69, 9.17) is 0 Å². The zero-order valence-electron chi connectivity index (χ0n) is 36.5. The van der Waals surface area contributed by atoms with Crippen molar-refractivity contribution < 1.29 is 29.4 Å². The topological polar surface area (TPSA) is 209 Å². The van der Waals surface area contributed by atoms with Crippen LogP contribution in [0.2, 0.25) is 0 Å². The number of aromatic nitrogens is 4. The normalized spacial score (nSPS) is 23.9. The number of nitrogens with zero attached hydrogens (tertiary/aromatic N) is 6. The van der Waals surface area contributed by atoms with Crippen molar-refractivity contribution in [3.63, 3.8) is 0 Å². The van der Waals surface area contributed by atoms with Gasteiger partial charge in [0, 0.05) is 110 Å². The van der Waals surface area contributed by atoms with Crippen LogP contribution < -0.4 is 21.8 Å². The predicted molar refractivity (Wildman–Crippen MR) is 239 cm³/mol. The first-order valence-electron chi connectivity index (χ1n) is 22.0. The maximum Gasteiger partial charge on any atom is 0.258 e. The summed E-state index contributed by atoms with van der Waals surface area (Å²) < 4.78 is 3.33. The van der Waals surface area contributed by atoms with Crippen LogP contribution in [0, 0.1) is 23.7 Å². The lowest BCUT2D eigenvalue weighted by Gasteiger charge is -2.38. The van der Waals surface area contributed by atoms with Gasteiger partial charge in [0.25, 0.3) is 22.9 Å². The number of fused-ring (bicyclic) bond motifs is 8. The van der Waals surface area contributed by atoms with E-state index in [9.17, 15) is 39.0 Å². The first-order chi connectivity index (χ1) is 31.1. The Morgan fingerprint density at radius 1 is 0.625 bits per heavy atom. The van der Waals surface area contributed by atoms with Gasteiger partial charge in [-0.1, -0.05) is 38.2 Å². The molecule has 64 heavy (non-hydrogen) atoms. The first-order valence-corrected chi connectivity index (χ1v) is 22.0. The molecular weight excluding hydrogens is 817 g/mol. The summed E-state index contributed by atoms with van der Waals surface area (Å²) in [6.07, 6.45) is 14.9. The molecule has 8 atom stereocenters. The largest absolute Gasteiger partial charge is 0.396 e. The van der Waals surface area contributed by atoms with Crippen LogP contribution in [0.15, 0.2) is 95.1 Å². The molecule has 0 aliphatic carbocycles. The molecule has 0 radical (unpaired) electrons. The number of carbonyl (C=O) groups excluding carboxylic acids is 4. The van der Waals surface area contributed by atoms with Gasteiger partial charge in [-0.25, -0.2) is 0 Å². The average molecular weight is 873 g/mol. The second kappa shape index (κ2) is 19.9. The molecule has 2 saturated heterocycles. The lowest BCUT2D eigenvalue weighted by molar-refractivity contribution is -0.128. The number of rotatable bonds is 12. The molecule has 8 rings (SSSR count). The summed E-state index contributed by atoms with van der Waals surface area (Å²) in [5.74, 6) is -3.13. The van der Waals surface area contributed by atoms with Gasteiger partial charge >= 0.3 is 0 Å². The molecule has 16 heteroatoms. The number of aliphatic hydroxyl groups excluding tert-OH is 2. The summed E-state index contributed by atoms with van der Waals surface area (Å²) in [6.45, 7) is 8.60. The minimum absolute atomic E-state index is 0.155. The summed E-state index contributed by atoms with van der Waals surface area (Å²) >= 11 is 0. The molecule has 0 aromatic carbocycles. The molecule has 0 unspecified atom stereocenters. The number of nitrogens with one attached hydrogen (secondary N) is 2. The standard InChI is InChI=1S/2C24H28N4O4/c2*1-3-5-15-6-7-18-21-20(22(30)26-10-4-2)17(14-29)19(13-27(18)23(15)31)28(21)24(32)16-8-11-25-12-9-16/h2*3,5-9,11-12,17,19-21,29H,4,10,13-14H2,1-2H3,(H,26,30)/b5-3+;5-3-/t2*17-,19-,20+,21+/m00/s1. The fourth-order valence-corrected chi connectivity index (χ4v) is 10.0. The highest BCUT2D eigenvalue weighted by Crippen LogP contribution is 2.50. The van der Waals surface area contributed by atoms with E-state index in [-0.39, 0.29) is 61.1 Å². The smallest absolute Gasteiger partial charge is 0.258 e. The van der Waals surface area contributed by atoms with Gasteiger partial charge in [0.1, 0.15) is 0 Å². The number of carbonyl (C=O) groups is 4. The van der Waals surface area contributed by atoms with Crippen LogP contribution in [-0.4, -0.2) is 101 Å². The van der Waals surface area contributed by atoms with Crippen molar-refractivity contribution >= 4 is 35.8 Å². The van der Waals surface area contributed by atoms with Gasteiger partial charge in [-0.3, -0.25) is 38.7 Å². The Hall–Kier alpha value is -6.52. The third kappa shape index (κ3) is 8.23. The SMILES string of the molecule is C/C=C/c1ccc2n(c1=O)C[C@H]1[C@H](CO)[C@@H](C(=O)NCCC)[C@@H]2N1C(=O)c1ccncc1.C/C=C\c1ccc2n(c1=O)C[C@H]1[C@H](CO)[C@@H](C(=O)NCCC)[C@@H]2N1C(=O)c1ccncc1. The Balaban J connectivity index is 0.000000191. The fourth-order valence-electron chi connectivity index (χ4n) is 10.0. The molecule has 4 aromatic rings. The molecule has 0 saturated carbocycles. The summed E-state index contributed by atoms with van der Waals surface area (Å²) in [5.41, 5.74) is 2.96. The lowest BCUT2D eigenvalue weighted by Crippen LogP contribution is -2.49. The first kappa shape index (κ1) is 45.5. The molecule has 4 N–H and O–H groups in total. The Morgan fingerprint density at radius 3 is 1.33 bits per heavy atom. The van der Waals surface area contributed by atoms with E-state index in [0.717, 1.165) is 12.8 Å². The third-order valence-corrected chi connectivity index (χ3v) is 12.9. The molecule has 16 nitrogen and oxygen atoms in total. The van der Waals surface area contributed by atoms with Crippen LogP contribution in [0.25, 0.3) is 12.2 Å². The van der Waals surface area contributed by atoms with Crippen LogP contribution >= 0.6 is 0 Å². The van der Waals surface area contributed by atoms with E-state index in [0.29, 0.717) is 46.7 Å². The van der Waals surface area contributed by atoms with Crippen LogP contribution in [0.5, 0.6) is 0 Å². The highest BCUT2D eigenvalue weighted by atomic mass is 16.3.